The van der Waals surface area contributed by atoms with E-state index in [2.05, 4.69) is 21.5 Å². The highest BCUT2D eigenvalue weighted by Gasteiger charge is 2.13. The maximum Gasteiger partial charge on any atom is 0.257 e. The highest BCUT2D eigenvalue weighted by atomic mass is 32.1. The lowest BCUT2D eigenvalue weighted by Gasteiger charge is -2.10. The second-order valence-electron chi connectivity index (χ2n) is 3.67. The summed E-state index contributed by atoms with van der Waals surface area (Å²) in [6.07, 6.45) is 0. The van der Waals surface area contributed by atoms with Crippen molar-refractivity contribution in [2.24, 2.45) is 0 Å². The Labute approximate surface area is 115 Å². The zero-order valence-corrected chi connectivity index (χ0v) is 11.1. The van der Waals surface area contributed by atoms with E-state index < -0.39 is 0 Å². The van der Waals surface area contributed by atoms with Crippen molar-refractivity contribution in [1.82, 2.24) is 16.2 Å². The first kappa shape index (κ1) is 13.2. The van der Waals surface area contributed by atoms with Gasteiger partial charge in [-0.2, -0.15) is 0 Å². The zero-order chi connectivity index (χ0) is 13.7. The number of thiocarbonyl (C=S) groups is 1. The van der Waals surface area contributed by atoms with E-state index in [1.165, 1.54) is 0 Å². The molecular weight excluding hydrogens is 268 g/mol. The van der Waals surface area contributed by atoms with Gasteiger partial charge in [-0.1, -0.05) is 0 Å². The molecule has 2 rings (SSSR count). The zero-order valence-electron chi connectivity index (χ0n) is 10.3. The van der Waals surface area contributed by atoms with Crippen LogP contribution in [0.5, 0.6) is 11.5 Å². The summed E-state index contributed by atoms with van der Waals surface area (Å²) in [5, 5.41) is 5.99. The van der Waals surface area contributed by atoms with E-state index in [1.54, 1.807) is 19.2 Å². The number of carbonyl (C=O) groups is 1. The molecule has 8 heteroatoms. The van der Waals surface area contributed by atoms with Crippen LogP contribution in [0.3, 0.4) is 0 Å². The number of ether oxygens (including phenoxy) is 2. The molecule has 0 atom stereocenters. The summed E-state index contributed by atoms with van der Waals surface area (Å²) >= 11 is 4.82. The Morgan fingerprint density at radius 3 is 2.89 bits per heavy atom. The van der Waals surface area contributed by atoms with Gasteiger partial charge in [-0.05, 0) is 24.4 Å². The molecule has 1 aliphatic rings. The van der Waals surface area contributed by atoms with Crippen molar-refractivity contribution in [3.8, 4) is 11.5 Å². The van der Waals surface area contributed by atoms with Gasteiger partial charge in [0.15, 0.2) is 16.6 Å². The van der Waals surface area contributed by atoms with Gasteiger partial charge >= 0.3 is 0 Å². The first-order valence-corrected chi connectivity index (χ1v) is 6.00. The topological polar surface area (TPSA) is 83.7 Å². The molecule has 0 saturated heterocycles. The predicted octanol–water partition coefficient (Wildman–Crippen LogP) is -0.0477. The lowest BCUT2D eigenvalue weighted by atomic mass is 10.3. The summed E-state index contributed by atoms with van der Waals surface area (Å²) in [6, 6.07) is 5.38. The Kier molecular flexibility index (Phi) is 4.24. The lowest BCUT2D eigenvalue weighted by molar-refractivity contribution is -0.119. The van der Waals surface area contributed by atoms with Crippen LogP contribution in [-0.2, 0) is 4.79 Å². The average molecular weight is 282 g/mol. The van der Waals surface area contributed by atoms with Crippen LogP contribution in [0.1, 0.15) is 0 Å². The smallest absolute Gasteiger partial charge is 0.257 e. The van der Waals surface area contributed by atoms with Crippen LogP contribution < -0.4 is 31.0 Å². The largest absolute Gasteiger partial charge is 0.454 e. The van der Waals surface area contributed by atoms with Crippen molar-refractivity contribution in [1.29, 1.82) is 0 Å². The van der Waals surface area contributed by atoms with Crippen molar-refractivity contribution >= 4 is 28.9 Å². The molecule has 7 nitrogen and oxygen atoms in total. The Hall–Kier alpha value is -2.22. The fourth-order valence-electron chi connectivity index (χ4n) is 1.42. The molecule has 0 unspecified atom stereocenters. The van der Waals surface area contributed by atoms with Crippen LogP contribution in [0.15, 0.2) is 18.2 Å². The third kappa shape index (κ3) is 3.62. The molecule has 0 aliphatic carbocycles. The second-order valence-corrected chi connectivity index (χ2v) is 4.08. The summed E-state index contributed by atoms with van der Waals surface area (Å²) in [5.74, 6) is 1.13. The van der Waals surface area contributed by atoms with Gasteiger partial charge in [-0.3, -0.25) is 15.6 Å². The van der Waals surface area contributed by atoms with Crippen LogP contribution in [-0.4, -0.2) is 31.4 Å². The summed E-state index contributed by atoms with van der Waals surface area (Å²) in [4.78, 5) is 11.5. The number of hydrogen-bond donors (Lipinski definition) is 4. The first-order valence-electron chi connectivity index (χ1n) is 5.59. The molecule has 0 aromatic heterocycles. The van der Waals surface area contributed by atoms with E-state index in [-0.39, 0.29) is 19.2 Å². The van der Waals surface area contributed by atoms with E-state index >= 15 is 0 Å². The Morgan fingerprint density at radius 2 is 2.11 bits per heavy atom. The summed E-state index contributed by atoms with van der Waals surface area (Å²) < 4.78 is 10.4. The van der Waals surface area contributed by atoms with E-state index in [0.717, 1.165) is 5.69 Å². The lowest BCUT2D eigenvalue weighted by Crippen LogP contribution is -2.47. The quantitative estimate of drug-likeness (QED) is 0.457. The average Bonchev–Trinajstić information content (AvgIpc) is 2.89. The maximum absolute atomic E-state index is 11.5. The normalized spacial score (nSPS) is 11.6. The van der Waals surface area contributed by atoms with Crippen molar-refractivity contribution in [3.63, 3.8) is 0 Å². The fourth-order valence-corrected chi connectivity index (χ4v) is 1.47. The molecule has 0 fully saturated rings. The minimum absolute atomic E-state index is 0.110. The van der Waals surface area contributed by atoms with E-state index in [9.17, 15) is 4.79 Å². The molecule has 19 heavy (non-hydrogen) atoms. The summed E-state index contributed by atoms with van der Waals surface area (Å²) in [7, 11) is 1.66. The van der Waals surface area contributed by atoms with Gasteiger partial charge < -0.3 is 20.1 Å². The molecule has 1 aromatic carbocycles. The monoisotopic (exact) mass is 282 g/mol. The highest BCUT2D eigenvalue weighted by molar-refractivity contribution is 7.80. The van der Waals surface area contributed by atoms with Crippen molar-refractivity contribution in [3.05, 3.63) is 18.2 Å². The number of anilines is 1. The molecular formula is C11H14N4O3S. The molecule has 4 N–H and O–H groups in total. The minimum atomic E-state index is -0.240. The van der Waals surface area contributed by atoms with Gasteiger partial charge in [0.1, 0.15) is 0 Å². The Bertz CT molecular complexity index is 495. The van der Waals surface area contributed by atoms with Crippen molar-refractivity contribution in [2.75, 3.05) is 25.7 Å². The van der Waals surface area contributed by atoms with E-state index in [0.29, 0.717) is 16.6 Å². The molecule has 0 spiro atoms. The second kappa shape index (κ2) is 6.10. The molecule has 1 aromatic rings. The molecule has 1 amide bonds. The van der Waals surface area contributed by atoms with Crippen LogP contribution in [0.4, 0.5) is 5.69 Å². The molecule has 102 valence electrons. The van der Waals surface area contributed by atoms with E-state index in [4.69, 9.17) is 21.7 Å². The van der Waals surface area contributed by atoms with Crippen molar-refractivity contribution < 1.29 is 14.3 Å². The fraction of sp³-hybridized carbons (Fsp3) is 0.273. The molecule has 0 saturated carbocycles. The van der Waals surface area contributed by atoms with Crippen molar-refractivity contribution in [2.45, 2.75) is 0 Å². The van der Waals surface area contributed by atoms with Gasteiger partial charge in [0.05, 0.1) is 6.54 Å². The Balaban J connectivity index is 1.79. The van der Waals surface area contributed by atoms with Crippen LogP contribution in [0.25, 0.3) is 0 Å². The predicted molar refractivity (Wildman–Crippen MR) is 74.0 cm³/mol. The molecule has 1 aliphatic heterocycles. The minimum Gasteiger partial charge on any atom is -0.454 e. The molecule has 0 radical (unpaired) electrons. The van der Waals surface area contributed by atoms with Gasteiger partial charge in [0, 0.05) is 18.8 Å². The van der Waals surface area contributed by atoms with Crippen LogP contribution in [0, 0.1) is 0 Å². The van der Waals surface area contributed by atoms with Crippen LogP contribution >= 0.6 is 12.2 Å². The van der Waals surface area contributed by atoms with Gasteiger partial charge in [0.2, 0.25) is 6.79 Å². The maximum atomic E-state index is 11.5. The number of benzene rings is 1. The standard InChI is InChI=1S/C11H14N4O3S/c1-12-11(19)15-14-10(16)5-13-7-2-3-8-9(4-7)18-6-17-8/h2-4,13H,5-6H2,1H3,(H,14,16)(H2,12,15,19). The first-order chi connectivity index (χ1) is 9.19. The summed E-state index contributed by atoms with van der Waals surface area (Å²) in [6.45, 7) is 0.337. The highest BCUT2D eigenvalue weighted by Crippen LogP contribution is 2.33. The number of fused-ring (bicyclic) bond motifs is 1. The van der Waals surface area contributed by atoms with Gasteiger partial charge in [-0.15, -0.1) is 0 Å². The number of carbonyl (C=O) groups excluding carboxylic acids is 1. The number of rotatable bonds is 3. The molecule has 1 heterocycles. The number of hydrogen-bond acceptors (Lipinski definition) is 5. The molecule has 0 bridgehead atoms. The van der Waals surface area contributed by atoms with Gasteiger partial charge in [0.25, 0.3) is 5.91 Å². The third-order valence-electron chi connectivity index (χ3n) is 2.37. The summed E-state index contributed by atoms with van der Waals surface area (Å²) in [5.41, 5.74) is 5.76. The van der Waals surface area contributed by atoms with Gasteiger partial charge in [-0.25, -0.2) is 0 Å². The number of nitrogens with one attached hydrogen (secondary N) is 4. The number of amides is 1. The SMILES string of the molecule is CNC(=S)NNC(=O)CNc1ccc2c(c1)OCO2. The van der Waals surface area contributed by atoms with E-state index in [1.807, 2.05) is 6.07 Å². The third-order valence-corrected chi connectivity index (χ3v) is 2.67. The van der Waals surface area contributed by atoms with Crippen LogP contribution in [0.2, 0.25) is 0 Å². The Morgan fingerprint density at radius 1 is 1.32 bits per heavy atom. The number of hydrazine groups is 1.